The van der Waals surface area contributed by atoms with Crippen molar-refractivity contribution in [3.8, 4) is 0 Å². The number of nitrogens with one attached hydrogen (secondary N) is 1. The Hall–Kier alpha value is -3.13. The quantitative estimate of drug-likeness (QED) is 0.657. The third-order valence-electron chi connectivity index (χ3n) is 3.68. The zero-order valence-corrected chi connectivity index (χ0v) is 14.8. The van der Waals surface area contributed by atoms with Crippen LogP contribution in [-0.4, -0.2) is 35.0 Å². The molecule has 1 N–H and O–H groups in total. The van der Waals surface area contributed by atoms with E-state index < -0.39 is 17.8 Å². The first kappa shape index (κ1) is 17.7. The molecule has 0 aliphatic carbocycles. The summed E-state index contributed by atoms with van der Waals surface area (Å²) < 4.78 is 0. The van der Waals surface area contributed by atoms with Crippen LogP contribution in [0.3, 0.4) is 0 Å². The molecule has 0 radical (unpaired) electrons. The monoisotopic (exact) mass is 370 g/mol. The second-order valence-electron chi connectivity index (χ2n) is 5.43. The first-order chi connectivity index (χ1) is 12.4. The van der Waals surface area contributed by atoms with Gasteiger partial charge in [0, 0.05) is 11.8 Å². The van der Waals surface area contributed by atoms with E-state index in [1.807, 2.05) is 0 Å². The number of nitrogens with zero attached hydrogens (tertiary/aromatic N) is 1. The number of rotatable bonds is 4. The molecule has 2 aromatic rings. The minimum atomic E-state index is -0.843. The molecule has 0 saturated carbocycles. The van der Waals surface area contributed by atoms with E-state index in [9.17, 15) is 19.2 Å². The molecule has 7 nitrogen and oxygen atoms in total. The van der Waals surface area contributed by atoms with E-state index >= 15 is 0 Å². The molecule has 132 valence electrons. The molecule has 1 heterocycles. The van der Waals surface area contributed by atoms with Crippen molar-refractivity contribution in [2.45, 2.75) is 11.8 Å². The van der Waals surface area contributed by atoms with Crippen molar-refractivity contribution < 1.29 is 24.0 Å². The maximum Gasteiger partial charge on any atom is 0.363 e. The predicted octanol–water partition coefficient (Wildman–Crippen LogP) is 2.73. The highest BCUT2D eigenvalue weighted by Crippen LogP contribution is 2.28. The zero-order chi connectivity index (χ0) is 18.8. The van der Waals surface area contributed by atoms with Gasteiger partial charge in [-0.15, -0.1) is 11.8 Å². The fourth-order valence-corrected chi connectivity index (χ4v) is 3.08. The highest BCUT2D eigenvalue weighted by molar-refractivity contribution is 7.98. The SMILES string of the molecule is CSc1cc(C(=O)ON2C(=O)c3ccccc3C2=O)ccc1NC(C)=O. The largest absolute Gasteiger partial charge is 0.363 e. The number of hydroxylamine groups is 2. The number of anilines is 1. The molecular formula is C18H14N2O5S. The predicted molar refractivity (Wildman–Crippen MR) is 94.9 cm³/mol. The van der Waals surface area contributed by atoms with Gasteiger partial charge in [0.05, 0.1) is 22.4 Å². The van der Waals surface area contributed by atoms with Gasteiger partial charge in [-0.3, -0.25) is 14.4 Å². The Balaban J connectivity index is 1.82. The van der Waals surface area contributed by atoms with Gasteiger partial charge >= 0.3 is 5.97 Å². The fraction of sp³-hybridized carbons (Fsp3) is 0.111. The van der Waals surface area contributed by atoms with Gasteiger partial charge in [-0.25, -0.2) is 4.79 Å². The summed E-state index contributed by atoms with van der Waals surface area (Å²) in [5.41, 5.74) is 1.09. The molecule has 1 aliphatic rings. The van der Waals surface area contributed by atoms with E-state index in [0.717, 1.165) is 0 Å². The average molecular weight is 370 g/mol. The van der Waals surface area contributed by atoms with Crippen molar-refractivity contribution >= 4 is 41.1 Å². The van der Waals surface area contributed by atoms with Crippen molar-refractivity contribution in [1.29, 1.82) is 0 Å². The Bertz CT molecular complexity index is 906. The molecule has 2 aromatic carbocycles. The van der Waals surface area contributed by atoms with Gasteiger partial charge in [0.25, 0.3) is 11.8 Å². The van der Waals surface area contributed by atoms with Crippen molar-refractivity contribution in [3.63, 3.8) is 0 Å². The molecule has 0 atom stereocenters. The number of benzene rings is 2. The normalized spacial score (nSPS) is 12.8. The number of thioether (sulfide) groups is 1. The van der Waals surface area contributed by atoms with Crippen molar-refractivity contribution in [2.75, 3.05) is 11.6 Å². The third kappa shape index (κ3) is 3.18. The minimum Gasteiger partial charge on any atom is -0.325 e. The van der Waals surface area contributed by atoms with E-state index in [-0.39, 0.29) is 22.6 Å². The van der Waals surface area contributed by atoms with E-state index in [0.29, 0.717) is 15.6 Å². The summed E-state index contributed by atoms with van der Waals surface area (Å²) in [6, 6.07) is 10.8. The highest BCUT2D eigenvalue weighted by atomic mass is 32.2. The second kappa shape index (κ2) is 7.01. The topological polar surface area (TPSA) is 92.8 Å². The molecule has 0 bridgehead atoms. The van der Waals surface area contributed by atoms with Crippen LogP contribution in [0.2, 0.25) is 0 Å². The minimum absolute atomic E-state index is 0.153. The van der Waals surface area contributed by atoms with Gasteiger partial charge in [0.1, 0.15) is 0 Å². The van der Waals surface area contributed by atoms with Crippen LogP contribution in [0.5, 0.6) is 0 Å². The molecule has 26 heavy (non-hydrogen) atoms. The fourth-order valence-electron chi connectivity index (χ4n) is 2.50. The maximum atomic E-state index is 12.4. The number of carbonyl (C=O) groups is 4. The second-order valence-corrected chi connectivity index (χ2v) is 6.27. The summed E-state index contributed by atoms with van der Waals surface area (Å²) >= 11 is 1.33. The smallest absolute Gasteiger partial charge is 0.325 e. The molecule has 0 aromatic heterocycles. The Morgan fingerprint density at radius 1 is 1.04 bits per heavy atom. The van der Waals surface area contributed by atoms with E-state index in [1.54, 1.807) is 24.5 Å². The lowest BCUT2D eigenvalue weighted by atomic mass is 10.1. The molecular weight excluding hydrogens is 356 g/mol. The summed E-state index contributed by atoms with van der Waals surface area (Å²) in [4.78, 5) is 53.8. The van der Waals surface area contributed by atoms with Gasteiger partial charge in [-0.05, 0) is 36.6 Å². The molecule has 1 aliphatic heterocycles. The Morgan fingerprint density at radius 2 is 1.65 bits per heavy atom. The third-order valence-corrected chi connectivity index (χ3v) is 4.46. The van der Waals surface area contributed by atoms with Crippen LogP contribution < -0.4 is 5.32 Å². The lowest BCUT2D eigenvalue weighted by Crippen LogP contribution is -2.32. The van der Waals surface area contributed by atoms with Crippen LogP contribution >= 0.6 is 11.8 Å². The van der Waals surface area contributed by atoms with Crippen molar-refractivity contribution in [3.05, 3.63) is 59.2 Å². The Morgan fingerprint density at radius 3 is 2.19 bits per heavy atom. The number of fused-ring (bicyclic) bond motifs is 1. The first-order valence-corrected chi connectivity index (χ1v) is 8.80. The van der Waals surface area contributed by atoms with E-state index in [4.69, 9.17) is 4.84 Å². The molecule has 0 spiro atoms. The number of imide groups is 1. The Labute approximate surface area is 153 Å². The molecule has 8 heteroatoms. The van der Waals surface area contributed by atoms with Crippen molar-refractivity contribution in [1.82, 2.24) is 5.06 Å². The molecule has 0 unspecified atom stereocenters. The van der Waals surface area contributed by atoms with Crippen LogP contribution in [0.1, 0.15) is 38.0 Å². The lowest BCUT2D eigenvalue weighted by molar-refractivity contribution is -0.114. The average Bonchev–Trinajstić information content (AvgIpc) is 2.87. The first-order valence-electron chi connectivity index (χ1n) is 7.58. The highest BCUT2D eigenvalue weighted by Gasteiger charge is 2.38. The van der Waals surface area contributed by atoms with Gasteiger partial charge in [-0.1, -0.05) is 17.2 Å². The van der Waals surface area contributed by atoms with E-state index in [1.165, 1.54) is 43.0 Å². The van der Waals surface area contributed by atoms with Crippen LogP contribution in [0.15, 0.2) is 47.4 Å². The van der Waals surface area contributed by atoms with Crippen LogP contribution in [0, 0.1) is 0 Å². The maximum absolute atomic E-state index is 12.4. The number of hydrogen-bond donors (Lipinski definition) is 1. The molecule has 0 saturated heterocycles. The molecule has 0 fully saturated rings. The number of amides is 3. The van der Waals surface area contributed by atoms with Gasteiger partial charge < -0.3 is 10.2 Å². The summed E-state index contributed by atoms with van der Waals surface area (Å²) in [5.74, 6) is -2.44. The Kier molecular flexibility index (Phi) is 4.77. The zero-order valence-electron chi connectivity index (χ0n) is 13.9. The summed E-state index contributed by atoms with van der Waals surface area (Å²) in [6.45, 7) is 1.38. The van der Waals surface area contributed by atoms with Crippen LogP contribution in [0.4, 0.5) is 5.69 Å². The molecule has 3 amide bonds. The van der Waals surface area contributed by atoms with Gasteiger partial charge in [0.2, 0.25) is 5.91 Å². The summed E-state index contributed by atoms with van der Waals surface area (Å²) in [6.07, 6.45) is 1.79. The summed E-state index contributed by atoms with van der Waals surface area (Å²) in [7, 11) is 0. The van der Waals surface area contributed by atoms with Crippen LogP contribution in [0.25, 0.3) is 0 Å². The van der Waals surface area contributed by atoms with Gasteiger partial charge in [-0.2, -0.15) is 0 Å². The van der Waals surface area contributed by atoms with E-state index in [2.05, 4.69) is 5.32 Å². The standard InChI is InChI=1S/C18H14N2O5S/c1-10(21)19-14-8-7-11(9-15(14)26-2)18(24)25-20-16(22)12-5-3-4-6-13(12)17(20)23/h3-9H,1-2H3,(H,19,21). The van der Waals surface area contributed by atoms with Crippen LogP contribution in [-0.2, 0) is 9.63 Å². The summed E-state index contributed by atoms with van der Waals surface area (Å²) in [5, 5.41) is 3.12. The number of carbonyl (C=O) groups excluding carboxylic acids is 4. The number of hydrogen-bond acceptors (Lipinski definition) is 6. The lowest BCUT2D eigenvalue weighted by Gasteiger charge is -2.14. The molecule has 3 rings (SSSR count). The van der Waals surface area contributed by atoms with Crippen molar-refractivity contribution in [2.24, 2.45) is 0 Å². The van der Waals surface area contributed by atoms with Gasteiger partial charge in [0.15, 0.2) is 0 Å².